The molecule has 0 saturated carbocycles. The van der Waals surface area contributed by atoms with E-state index in [9.17, 15) is 0 Å². The number of hydrogen-bond donors (Lipinski definition) is 1. The fraction of sp³-hybridized carbons (Fsp3) is 1.00. The minimum absolute atomic E-state index is 0.0565. The second-order valence-electron chi connectivity index (χ2n) is 6.27. The van der Waals surface area contributed by atoms with Gasteiger partial charge in [0.2, 0.25) is 0 Å². The van der Waals surface area contributed by atoms with Crippen molar-refractivity contribution < 1.29 is 24.1 Å². The lowest BCUT2D eigenvalue weighted by Gasteiger charge is -2.11. The molecular formula is C19H40O5. The summed E-state index contributed by atoms with van der Waals surface area (Å²) in [5, 5.41) is 8.53. The summed E-state index contributed by atoms with van der Waals surface area (Å²) >= 11 is 0. The normalized spacial score (nSPS) is 12.6. The summed E-state index contributed by atoms with van der Waals surface area (Å²) in [6.07, 6.45) is 9.21. The Morgan fingerprint density at radius 2 is 1.12 bits per heavy atom. The Labute approximate surface area is 149 Å². The van der Waals surface area contributed by atoms with E-state index in [0.717, 1.165) is 18.9 Å². The van der Waals surface area contributed by atoms with Crippen molar-refractivity contribution in [2.24, 2.45) is 5.92 Å². The van der Waals surface area contributed by atoms with Gasteiger partial charge in [0.25, 0.3) is 0 Å². The summed E-state index contributed by atoms with van der Waals surface area (Å²) in [6, 6.07) is 0. The third-order valence-electron chi connectivity index (χ3n) is 3.89. The molecule has 0 fully saturated rings. The molecule has 0 saturated heterocycles. The van der Waals surface area contributed by atoms with Gasteiger partial charge < -0.3 is 24.1 Å². The second-order valence-corrected chi connectivity index (χ2v) is 6.27. The average molecular weight is 349 g/mol. The molecule has 0 heterocycles. The van der Waals surface area contributed by atoms with Gasteiger partial charge in [-0.05, 0) is 18.8 Å². The first-order valence-electron chi connectivity index (χ1n) is 9.73. The molecule has 0 amide bonds. The minimum atomic E-state index is 0.0565. The predicted molar refractivity (Wildman–Crippen MR) is 97.5 cm³/mol. The third kappa shape index (κ3) is 19.8. The van der Waals surface area contributed by atoms with Crippen molar-refractivity contribution in [3.8, 4) is 0 Å². The van der Waals surface area contributed by atoms with Gasteiger partial charge in [0.15, 0.2) is 0 Å². The van der Waals surface area contributed by atoms with Crippen LogP contribution in [0, 0.1) is 5.92 Å². The van der Waals surface area contributed by atoms with Crippen LogP contribution in [0.15, 0.2) is 0 Å². The minimum Gasteiger partial charge on any atom is -0.394 e. The molecule has 5 heteroatoms. The van der Waals surface area contributed by atoms with Crippen LogP contribution in [0.3, 0.4) is 0 Å². The molecule has 0 rings (SSSR count). The van der Waals surface area contributed by atoms with Crippen molar-refractivity contribution in [2.45, 2.75) is 58.8 Å². The van der Waals surface area contributed by atoms with Gasteiger partial charge in [-0.25, -0.2) is 0 Å². The summed E-state index contributed by atoms with van der Waals surface area (Å²) in [4.78, 5) is 0. The van der Waals surface area contributed by atoms with E-state index in [1.165, 1.54) is 38.5 Å². The topological polar surface area (TPSA) is 57.2 Å². The first-order chi connectivity index (χ1) is 11.8. The summed E-state index contributed by atoms with van der Waals surface area (Å²) in [5.41, 5.74) is 0. The Kier molecular flexibility index (Phi) is 20.7. The van der Waals surface area contributed by atoms with Crippen LogP contribution < -0.4 is 0 Å². The molecule has 1 unspecified atom stereocenters. The summed E-state index contributed by atoms with van der Waals surface area (Å²) in [7, 11) is 0. The summed E-state index contributed by atoms with van der Waals surface area (Å²) in [5.74, 6) is 0.820. The van der Waals surface area contributed by atoms with Crippen LogP contribution in [0.25, 0.3) is 0 Å². The van der Waals surface area contributed by atoms with E-state index >= 15 is 0 Å². The van der Waals surface area contributed by atoms with Crippen molar-refractivity contribution >= 4 is 0 Å². The number of aliphatic hydroxyl groups is 1. The van der Waals surface area contributed by atoms with Crippen LogP contribution in [0.4, 0.5) is 0 Å². The van der Waals surface area contributed by atoms with Gasteiger partial charge in [-0.1, -0.05) is 46.0 Å². The lowest BCUT2D eigenvalue weighted by molar-refractivity contribution is -0.00593. The van der Waals surface area contributed by atoms with E-state index in [4.69, 9.17) is 24.1 Å². The fourth-order valence-electron chi connectivity index (χ4n) is 2.42. The zero-order valence-corrected chi connectivity index (χ0v) is 16.0. The molecule has 0 aliphatic heterocycles. The smallest absolute Gasteiger partial charge is 0.0701 e. The monoisotopic (exact) mass is 348 g/mol. The Bertz CT molecular complexity index is 226. The van der Waals surface area contributed by atoms with Crippen LogP contribution in [0.5, 0.6) is 0 Å². The highest BCUT2D eigenvalue weighted by Crippen LogP contribution is 2.15. The van der Waals surface area contributed by atoms with Crippen molar-refractivity contribution in [3.05, 3.63) is 0 Å². The maximum absolute atomic E-state index is 8.53. The number of aliphatic hydroxyl groups excluding tert-OH is 1. The zero-order valence-electron chi connectivity index (χ0n) is 16.0. The van der Waals surface area contributed by atoms with Crippen molar-refractivity contribution in [1.29, 1.82) is 0 Å². The van der Waals surface area contributed by atoms with Crippen molar-refractivity contribution in [3.63, 3.8) is 0 Å². The Hall–Kier alpha value is -0.200. The van der Waals surface area contributed by atoms with Gasteiger partial charge in [0, 0.05) is 6.61 Å². The average Bonchev–Trinajstić information content (AvgIpc) is 2.59. The predicted octanol–water partition coefficient (Wildman–Crippen LogP) is 3.43. The maximum atomic E-state index is 8.53. The summed E-state index contributed by atoms with van der Waals surface area (Å²) < 4.78 is 21.4. The number of hydrogen-bond acceptors (Lipinski definition) is 5. The molecule has 146 valence electrons. The van der Waals surface area contributed by atoms with E-state index in [0.29, 0.717) is 46.2 Å². The molecule has 0 aromatic rings. The van der Waals surface area contributed by atoms with Gasteiger partial charge in [-0.2, -0.15) is 0 Å². The van der Waals surface area contributed by atoms with E-state index in [-0.39, 0.29) is 6.61 Å². The number of ether oxygens (including phenoxy) is 4. The number of rotatable bonds is 20. The fourth-order valence-corrected chi connectivity index (χ4v) is 2.42. The molecule has 5 nitrogen and oxygen atoms in total. The highest BCUT2D eigenvalue weighted by molar-refractivity contribution is 4.54. The Morgan fingerprint density at radius 3 is 1.67 bits per heavy atom. The highest BCUT2D eigenvalue weighted by atomic mass is 16.6. The van der Waals surface area contributed by atoms with Crippen molar-refractivity contribution in [2.75, 3.05) is 59.5 Å². The lowest BCUT2D eigenvalue weighted by Crippen LogP contribution is -2.12. The Morgan fingerprint density at radius 1 is 0.625 bits per heavy atom. The molecule has 0 bridgehead atoms. The molecule has 1 atom stereocenters. The van der Waals surface area contributed by atoms with Crippen LogP contribution in [0.2, 0.25) is 0 Å². The largest absolute Gasteiger partial charge is 0.394 e. The molecular weight excluding hydrogens is 308 g/mol. The summed E-state index contributed by atoms with van der Waals surface area (Å²) in [6.45, 7) is 9.35. The maximum Gasteiger partial charge on any atom is 0.0701 e. The first-order valence-corrected chi connectivity index (χ1v) is 9.73. The van der Waals surface area contributed by atoms with Gasteiger partial charge in [0.1, 0.15) is 0 Å². The molecule has 24 heavy (non-hydrogen) atoms. The van der Waals surface area contributed by atoms with E-state index < -0.39 is 0 Å². The molecule has 0 aromatic heterocycles. The quantitative estimate of drug-likeness (QED) is 0.342. The SMILES string of the molecule is CCCCCCC(C)CCCOCCOCCOCCOCCO. The van der Waals surface area contributed by atoms with Gasteiger partial charge in [-0.3, -0.25) is 0 Å². The zero-order chi connectivity index (χ0) is 17.7. The molecule has 1 N–H and O–H groups in total. The van der Waals surface area contributed by atoms with E-state index in [2.05, 4.69) is 13.8 Å². The molecule has 0 aromatic carbocycles. The Balaban J connectivity index is 3.06. The highest BCUT2D eigenvalue weighted by Gasteiger charge is 2.01. The molecule has 0 aliphatic carbocycles. The first kappa shape index (κ1) is 23.8. The van der Waals surface area contributed by atoms with Gasteiger partial charge in [0.05, 0.1) is 52.9 Å². The molecule has 0 aliphatic rings. The number of unbranched alkanes of at least 4 members (excludes halogenated alkanes) is 3. The van der Waals surface area contributed by atoms with Gasteiger partial charge >= 0.3 is 0 Å². The second kappa shape index (κ2) is 20.8. The van der Waals surface area contributed by atoms with Gasteiger partial charge in [-0.15, -0.1) is 0 Å². The van der Waals surface area contributed by atoms with Crippen LogP contribution in [-0.4, -0.2) is 64.6 Å². The molecule has 0 spiro atoms. The van der Waals surface area contributed by atoms with Crippen LogP contribution in [-0.2, 0) is 18.9 Å². The van der Waals surface area contributed by atoms with Crippen molar-refractivity contribution in [1.82, 2.24) is 0 Å². The van der Waals surface area contributed by atoms with Crippen LogP contribution >= 0.6 is 0 Å². The van der Waals surface area contributed by atoms with E-state index in [1.54, 1.807) is 0 Å². The lowest BCUT2D eigenvalue weighted by atomic mass is 9.98. The molecule has 0 radical (unpaired) electrons. The third-order valence-corrected chi connectivity index (χ3v) is 3.89. The van der Waals surface area contributed by atoms with Crippen LogP contribution in [0.1, 0.15) is 58.8 Å². The standard InChI is InChI=1S/C19H40O5/c1-3-4-5-6-8-19(2)9-7-11-21-13-15-23-17-18-24-16-14-22-12-10-20/h19-20H,3-18H2,1-2H3. The van der Waals surface area contributed by atoms with E-state index in [1.807, 2.05) is 0 Å².